The van der Waals surface area contributed by atoms with Crippen LogP contribution in [0.3, 0.4) is 0 Å². The van der Waals surface area contributed by atoms with Gasteiger partial charge in [0.05, 0.1) is 6.61 Å². The highest BCUT2D eigenvalue weighted by atomic mass is 19.1. The summed E-state index contributed by atoms with van der Waals surface area (Å²) in [5.74, 6) is -0.205. The van der Waals surface area contributed by atoms with Gasteiger partial charge in [0.25, 0.3) is 0 Å². The number of hydrogen-bond donors (Lipinski definition) is 1. The zero-order chi connectivity index (χ0) is 9.26. The smallest absolute Gasteiger partial charge is 0.125 e. The summed E-state index contributed by atoms with van der Waals surface area (Å²) in [5, 5.41) is 8.79. The first-order valence-corrected chi connectivity index (χ1v) is 4.45. The van der Waals surface area contributed by atoms with Gasteiger partial charge in [0.1, 0.15) is 5.82 Å². The van der Waals surface area contributed by atoms with Crippen molar-refractivity contribution in [1.82, 2.24) is 0 Å². The third kappa shape index (κ3) is 1.52. The first-order chi connectivity index (χ1) is 6.31. The van der Waals surface area contributed by atoms with Gasteiger partial charge in [-0.1, -0.05) is 6.07 Å². The molecule has 0 radical (unpaired) electrons. The molecule has 1 heterocycles. The van der Waals surface area contributed by atoms with E-state index in [2.05, 4.69) is 0 Å². The van der Waals surface area contributed by atoms with Crippen molar-refractivity contribution in [2.24, 2.45) is 0 Å². The van der Waals surface area contributed by atoms with Crippen LogP contribution in [0.25, 0.3) is 0 Å². The molecule has 0 saturated carbocycles. The Morgan fingerprint density at radius 1 is 1.46 bits per heavy atom. The summed E-state index contributed by atoms with van der Waals surface area (Å²) in [6, 6.07) is 4.85. The predicted octanol–water partition coefficient (Wildman–Crippen LogP) is 1.18. The molecule has 0 atom stereocenters. The van der Waals surface area contributed by atoms with Crippen molar-refractivity contribution in [2.75, 3.05) is 24.6 Å². The molecule has 0 spiro atoms. The highest BCUT2D eigenvalue weighted by molar-refractivity contribution is 5.58. The zero-order valence-electron chi connectivity index (χ0n) is 7.33. The lowest BCUT2D eigenvalue weighted by atomic mass is 10.2. The summed E-state index contributed by atoms with van der Waals surface area (Å²) in [6.07, 6.45) is 0.954. The van der Waals surface area contributed by atoms with Crippen LogP contribution in [-0.4, -0.2) is 24.8 Å². The van der Waals surface area contributed by atoms with Gasteiger partial charge in [-0.25, -0.2) is 4.39 Å². The number of fused-ring (bicyclic) bond motifs is 1. The molecule has 2 nitrogen and oxygen atoms in total. The van der Waals surface area contributed by atoms with Crippen LogP contribution in [0.1, 0.15) is 5.56 Å². The van der Waals surface area contributed by atoms with E-state index in [1.165, 1.54) is 17.7 Å². The predicted molar refractivity (Wildman–Crippen MR) is 49.4 cm³/mol. The number of β-amino-alcohol motifs (C(OH)–C–C–N with tert-alkyl or cyclic N) is 1. The number of aliphatic hydroxyl groups is 1. The fourth-order valence-electron chi connectivity index (χ4n) is 1.77. The molecule has 13 heavy (non-hydrogen) atoms. The molecule has 2 rings (SSSR count). The van der Waals surface area contributed by atoms with Crippen LogP contribution in [0.15, 0.2) is 18.2 Å². The number of anilines is 1. The van der Waals surface area contributed by atoms with Crippen molar-refractivity contribution in [2.45, 2.75) is 6.42 Å². The summed E-state index contributed by atoms with van der Waals surface area (Å²) in [6.45, 7) is 1.60. The number of nitrogens with zero attached hydrogens (tertiary/aromatic N) is 1. The van der Waals surface area contributed by atoms with E-state index in [1.54, 1.807) is 0 Å². The lowest BCUT2D eigenvalue weighted by molar-refractivity contribution is 0.303. The maximum atomic E-state index is 12.9. The minimum atomic E-state index is -0.205. The molecule has 0 unspecified atom stereocenters. The zero-order valence-corrected chi connectivity index (χ0v) is 7.33. The first kappa shape index (κ1) is 8.51. The Bertz CT molecular complexity index is 312. The lowest BCUT2D eigenvalue weighted by Crippen LogP contribution is -2.24. The van der Waals surface area contributed by atoms with Gasteiger partial charge in [0.2, 0.25) is 0 Å². The number of rotatable bonds is 2. The van der Waals surface area contributed by atoms with Gasteiger partial charge in [-0.3, -0.25) is 0 Å². The number of benzene rings is 1. The normalized spacial score (nSPS) is 14.8. The highest BCUT2D eigenvalue weighted by Gasteiger charge is 2.18. The van der Waals surface area contributed by atoms with Gasteiger partial charge < -0.3 is 10.0 Å². The van der Waals surface area contributed by atoms with Crippen molar-refractivity contribution in [1.29, 1.82) is 0 Å². The quantitative estimate of drug-likeness (QED) is 0.740. The van der Waals surface area contributed by atoms with E-state index < -0.39 is 0 Å². The summed E-state index contributed by atoms with van der Waals surface area (Å²) in [5.41, 5.74) is 2.11. The van der Waals surface area contributed by atoms with Crippen LogP contribution in [0.5, 0.6) is 0 Å². The minimum Gasteiger partial charge on any atom is -0.395 e. The molecule has 1 aliphatic heterocycles. The van der Waals surface area contributed by atoms with Crippen LogP contribution in [0, 0.1) is 5.82 Å². The SMILES string of the molecule is OCCN1CCc2ccc(F)cc21. The molecule has 3 heteroatoms. The molecular formula is C10H12FNO. The fourth-order valence-corrected chi connectivity index (χ4v) is 1.77. The largest absolute Gasteiger partial charge is 0.395 e. The second kappa shape index (κ2) is 3.34. The maximum absolute atomic E-state index is 12.9. The Morgan fingerprint density at radius 2 is 2.31 bits per heavy atom. The van der Waals surface area contributed by atoms with E-state index in [1.807, 2.05) is 11.0 Å². The Labute approximate surface area is 76.6 Å². The maximum Gasteiger partial charge on any atom is 0.125 e. The number of halogens is 1. The first-order valence-electron chi connectivity index (χ1n) is 4.45. The molecule has 0 aromatic heterocycles. The molecule has 1 aromatic carbocycles. The van der Waals surface area contributed by atoms with Crippen LogP contribution in [0.4, 0.5) is 10.1 Å². The van der Waals surface area contributed by atoms with Gasteiger partial charge in [-0.15, -0.1) is 0 Å². The summed E-state index contributed by atoms with van der Waals surface area (Å²) < 4.78 is 12.9. The highest BCUT2D eigenvalue weighted by Crippen LogP contribution is 2.27. The van der Waals surface area contributed by atoms with Gasteiger partial charge in [0, 0.05) is 18.8 Å². The van der Waals surface area contributed by atoms with Gasteiger partial charge in [-0.2, -0.15) is 0 Å². The molecule has 70 valence electrons. The number of aliphatic hydroxyl groups excluding tert-OH is 1. The average molecular weight is 181 g/mol. The van der Waals surface area contributed by atoms with E-state index in [-0.39, 0.29) is 12.4 Å². The van der Waals surface area contributed by atoms with Crippen molar-refractivity contribution in [3.05, 3.63) is 29.6 Å². The van der Waals surface area contributed by atoms with Crippen LogP contribution >= 0.6 is 0 Å². The third-order valence-electron chi connectivity index (χ3n) is 2.41. The molecule has 1 aromatic rings. The van der Waals surface area contributed by atoms with E-state index in [0.717, 1.165) is 18.7 Å². The Morgan fingerprint density at radius 3 is 3.08 bits per heavy atom. The van der Waals surface area contributed by atoms with Crippen molar-refractivity contribution < 1.29 is 9.50 Å². The van der Waals surface area contributed by atoms with E-state index in [0.29, 0.717) is 6.54 Å². The molecular weight excluding hydrogens is 169 g/mol. The van der Waals surface area contributed by atoms with E-state index in [4.69, 9.17) is 5.11 Å². The second-order valence-electron chi connectivity index (χ2n) is 3.23. The summed E-state index contributed by atoms with van der Waals surface area (Å²) in [7, 11) is 0. The van der Waals surface area contributed by atoms with Gasteiger partial charge >= 0.3 is 0 Å². The van der Waals surface area contributed by atoms with Crippen LogP contribution < -0.4 is 4.90 Å². The lowest BCUT2D eigenvalue weighted by Gasteiger charge is -2.17. The molecule has 0 aliphatic carbocycles. The van der Waals surface area contributed by atoms with Crippen molar-refractivity contribution >= 4 is 5.69 Å². The molecule has 0 fully saturated rings. The Kier molecular flexibility index (Phi) is 2.19. The summed E-state index contributed by atoms with van der Waals surface area (Å²) >= 11 is 0. The molecule has 0 bridgehead atoms. The number of hydrogen-bond acceptors (Lipinski definition) is 2. The minimum absolute atomic E-state index is 0.121. The van der Waals surface area contributed by atoms with Crippen LogP contribution in [0.2, 0.25) is 0 Å². The fraction of sp³-hybridized carbons (Fsp3) is 0.400. The standard InChI is InChI=1S/C10H12FNO/c11-9-2-1-8-3-4-12(5-6-13)10(8)7-9/h1-2,7,13H,3-6H2. The molecule has 1 aliphatic rings. The van der Waals surface area contributed by atoms with Crippen LogP contribution in [-0.2, 0) is 6.42 Å². The average Bonchev–Trinajstić information content (AvgIpc) is 2.49. The Hall–Kier alpha value is -1.09. The molecule has 1 N–H and O–H groups in total. The van der Waals surface area contributed by atoms with Gasteiger partial charge in [-0.05, 0) is 24.1 Å². The molecule has 0 amide bonds. The van der Waals surface area contributed by atoms with E-state index in [9.17, 15) is 4.39 Å². The monoisotopic (exact) mass is 181 g/mol. The summed E-state index contributed by atoms with van der Waals surface area (Å²) in [4.78, 5) is 2.01. The van der Waals surface area contributed by atoms with Crippen molar-refractivity contribution in [3.63, 3.8) is 0 Å². The topological polar surface area (TPSA) is 23.5 Å². The third-order valence-corrected chi connectivity index (χ3v) is 2.41. The van der Waals surface area contributed by atoms with E-state index >= 15 is 0 Å². The van der Waals surface area contributed by atoms with Gasteiger partial charge in [0.15, 0.2) is 0 Å². The second-order valence-corrected chi connectivity index (χ2v) is 3.23. The Balaban J connectivity index is 2.29. The molecule has 0 saturated heterocycles. The van der Waals surface area contributed by atoms with Crippen molar-refractivity contribution in [3.8, 4) is 0 Å².